The number of imidazole rings is 1. The Morgan fingerprint density at radius 3 is 2.42 bits per heavy atom. The van der Waals surface area contributed by atoms with Gasteiger partial charge < -0.3 is 14.6 Å². The number of amides is 1. The number of carbonyl (C=O) groups is 1. The second kappa shape index (κ2) is 10.3. The van der Waals surface area contributed by atoms with Gasteiger partial charge in [0.2, 0.25) is 0 Å². The van der Waals surface area contributed by atoms with Gasteiger partial charge in [0.25, 0.3) is 5.91 Å². The monoisotopic (exact) mass is 509 g/mol. The van der Waals surface area contributed by atoms with E-state index in [4.69, 9.17) is 9.72 Å². The number of ether oxygens (including phenoxy) is 1. The van der Waals surface area contributed by atoms with E-state index in [0.717, 1.165) is 41.7 Å². The molecule has 3 aromatic rings. The highest BCUT2D eigenvalue weighted by atomic mass is 32.2. The minimum absolute atomic E-state index is 0.0682. The number of fused-ring (bicyclic) bond motifs is 1. The number of benzene rings is 2. The van der Waals surface area contributed by atoms with Crippen molar-refractivity contribution in [1.29, 1.82) is 0 Å². The minimum atomic E-state index is -3.23. The van der Waals surface area contributed by atoms with Crippen LogP contribution in [0.15, 0.2) is 47.4 Å². The molecule has 0 saturated heterocycles. The van der Waals surface area contributed by atoms with Crippen LogP contribution >= 0.6 is 0 Å². The topological polar surface area (TPSA) is 90.3 Å². The SMILES string of the molecule is CCS(=O)(=O)c1ccc(CNC(=O)c2ccc3c(c2)nc(C[C@H]2CC[C@H](OC)CC2)n3C2CC2)cc1. The first-order valence-electron chi connectivity index (χ1n) is 13.0. The maximum Gasteiger partial charge on any atom is 0.251 e. The van der Waals surface area contributed by atoms with E-state index in [1.54, 1.807) is 38.3 Å². The molecule has 0 radical (unpaired) electrons. The molecule has 2 fully saturated rings. The van der Waals surface area contributed by atoms with Crippen molar-refractivity contribution in [2.75, 3.05) is 12.9 Å². The maximum absolute atomic E-state index is 12.9. The number of nitrogens with zero attached hydrogens (tertiary/aromatic N) is 2. The van der Waals surface area contributed by atoms with Crippen LogP contribution in [0.2, 0.25) is 0 Å². The summed E-state index contributed by atoms with van der Waals surface area (Å²) < 4.78 is 31.9. The first-order valence-corrected chi connectivity index (χ1v) is 14.7. The predicted molar refractivity (Wildman–Crippen MR) is 140 cm³/mol. The van der Waals surface area contributed by atoms with E-state index in [2.05, 4.69) is 9.88 Å². The number of hydrogen-bond acceptors (Lipinski definition) is 5. The molecule has 0 unspecified atom stereocenters. The second-order valence-electron chi connectivity index (χ2n) is 10.1. The van der Waals surface area contributed by atoms with Crippen LogP contribution in [-0.2, 0) is 27.5 Å². The Labute approximate surface area is 213 Å². The van der Waals surface area contributed by atoms with Crippen molar-refractivity contribution < 1.29 is 17.9 Å². The fourth-order valence-corrected chi connectivity index (χ4v) is 6.15. The summed E-state index contributed by atoms with van der Waals surface area (Å²) in [6.07, 6.45) is 8.33. The Bertz CT molecular complexity index is 1340. The number of sulfone groups is 1. The van der Waals surface area contributed by atoms with Crippen molar-refractivity contribution in [3.05, 3.63) is 59.4 Å². The van der Waals surface area contributed by atoms with Crippen LogP contribution in [0.4, 0.5) is 0 Å². The van der Waals surface area contributed by atoms with E-state index < -0.39 is 9.84 Å². The fraction of sp³-hybridized carbons (Fsp3) is 0.500. The van der Waals surface area contributed by atoms with Gasteiger partial charge in [0.15, 0.2) is 9.84 Å². The summed E-state index contributed by atoms with van der Waals surface area (Å²) in [5.41, 5.74) is 3.43. The standard InChI is InChI=1S/C28H35N3O4S/c1-3-36(33,34)24-13-6-20(7-14-24)18-29-28(32)21-8-15-26-25(17-21)30-27(31(26)22-9-10-22)16-19-4-11-23(35-2)12-5-19/h6-8,13-15,17,19,22-23H,3-5,9-12,16,18H2,1-2H3,(H,29,32)/t19-,23-. The molecule has 192 valence electrons. The number of methoxy groups -OCH3 is 1. The fourth-order valence-electron chi connectivity index (χ4n) is 5.27. The number of rotatable bonds is 9. The molecule has 2 aromatic carbocycles. The molecule has 1 amide bonds. The van der Waals surface area contributed by atoms with Crippen LogP contribution in [0.3, 0.4) is 0 Å². The van der Waals surface area contributed by atoms with Gasteiger partial charge in [0.05, 0.1) is 27.8 Å². The molecule has 5 rings (SSSR count). The molecule has 2 aliphatic rings. The molecule has 8 heteroatoms. The molecule has 0 bridgehead atoms. The van der Waals surface area contributed by atoms with Gasteiger partial charge in [0.1, 0.15) is 5.82 Å². The summed E-state index contributed by atoms with van der Waals surface area (Å²) in [4.78, 5) is 18.2. The smallest absolute Gasteiger partial charge is 0.251 e. The third kappa shape index (κ3) is 5.34. The molecule has 36 heavy (non-hydrogen) atoms. The number of aromatic nitrogens is 2. The number of hydrogen-bond donors (Lipinski definition) is 1. The van der Waals surface area contributed by atoms with Crippen LogP contribution in [0.1, 0.15) is 73.2 Å². The highest BCUT2D eigenvalue weighted by molar-refractivity contribution is 7.91. The number of carbonyl (C=O) groups excluding carboxylic acids is 1. The lowest BCUT2D eigenvalue weighted by molar-refractivity contribution is 0.0565. The zero-order valence-electron chi connectivity index (χ0n) is 21.1. The summed E-state index contributed by atoms with van der Waals surface area (Å²) >= 11 is 0. The van der Waals surface area contributed by atoms with Gasteiger partial charge in [-0.15, -0.1) is 0 Å². The predicted octanol–water partition coefficient (Wildman–Crippen LogP) is 4.84. The van der Waals surface area contributed by atoms with Crippen molar-refractivity contribution in [2.24, 2.45) is 5.92 Å². The highest BCUT2D eigenvalue weighted by Gasteiger charge is 2.30. The molecule has 7 nitrogen and oxygen atoms in total. The molecule has 2 saturated carbocycles. The van der Waals surface area contributed by atoms with E-state index in [1.165, 1.54) is 25.7 Å². The molecule has 0 aliphatic heterocycles. The third-order valence-corrected chi connectivity index (χ3v) is 9.40. The Balaban J connectivity index is 1.28. The van der Waals surface area contributed by atoms with Gasteiger partial charge in [0, 0.05) is 31.7 Å². The van der Waals surface area contributed by atoms with Crippen LogP contribution in [0.5, 0.6) is 0 Å². The molecular weight excluding hydrogens is 474 g/mol. The first kappa shape index (κ1) is 25.0. The van der Waals surface area contributed by atoms with Crippen molar-refractivity contribution >= 4 is 26.8 Å². The van der Waals surface area contributed by atoms with Crippen molar-refractivity contribution in [1.82, 2.24) is 14.9 Å². The summed E-state index contributed by atoms with van der Waals surface area (Å²) in [6, 6.07) is 13.0. The van der Waals surface area contributed by atoms with Gasteiger partial charge in [-0.2, -0.15) is 0 Å². The normalized spacial score (nSPS) is 20.5. The number of nitrogens with one attached hydrogen (secondary N) is 1. The highest BCUT2D eigenvalue weighted by Crippen LogP contribution is 2.40. The molecule has 0 atom stereocenters. The van der Waals surface area contributed by atoms with Gasteiger partial charge in [-0.25, -0.2) is 13.4 Å². The summed E-state index contributed by atoms with van der Waals surface area (Å²) in [5.74, 6) is 1.68. The maximum atomic E-state index is 12.9. The lowest BCUT2D eigenvalue weighted by Crippen LogP contribution is -2.22. The average Bonchev–Trinajstić information content (AvgIpc) is 3.68. The zero-order valence-corrected chi connectivity index (χ0v) is 21.9. The first-order chi connectivity index (χ1) is 17.4. The largest absolute Gasteiger partial charge is 0.381 e. The summed E-state index contributed by atoms with van der Waals surface area (Å²) in [7, 11) is -1.42. The van der Waals surface area contributed by atoms with Gasteiger partial charge in [-0.1, -0.05) is 19.1 Å². The van der Waals surface area contributed by atoms with Gasteiger partial charge >= 0.3 is 0 Å². The third-order valence-electron chi connectivity index (χ3n) is 7.65. The Hall–Kier alpha value is -2.71. The van der Waals surface area contributed by atoms with Crippen molar-refractivity contribution in [3.8, 4) is 0 Å². The van der Waals surface area contributed by atoms with Crippen LogP contribution < -0.4 is 5.32 Å². The molecule has 1 aromatic heterocycles. The quantitative estimate of drug-likeness (QED) is 0.446. The van der Waals surface area contributed by atoms with E-state index in [1.807, 2.05) is 18.2 Å². The molecule has 0 spiro atoms. The Kier molecular flexibility index (Phi) is 7.17. The Morgan fingerprint density at radius 2 is 1.78 bits per heavy atom. The lowest BCUT2D eigenvalue weighted by atomic mass is 9.85. The van der Waals surface area contributed by atoms with Gasteiger partial charge in [-0.3, -0.25) is 4.79 Å². The minimum Gasteiger partial charge on any atom is -0.381 e. The Morgan fingerprint density at radius 1 is 1.06 bits per heavy atom. The average molecular weight is 510 g/mol. The van der Waals surface area contributed by atoms with Crippen LogP contribution in [-0.4, -0.2) is 42.8 Å². The van der Waals surface area contributed by atoms with E-state index >= 15 is 0 Å². The molecular formula is C28H35N3O4S. The zero-order chi connectivity index (χ0) is 25.3. The molecule has 1 N–H and O–H groups in total. The van der Waals surface area contributed by atoms with E-state index in [-0.39, 0.29) is 11.7 Å². The van der Waals surface area contributed by atoms with Crippen LogP contribution in [0, 0.1) is 5.92 Å². The van der Waals surface area contributed by atoms with E-state index in [0.29, 0.717) is 35.1 Å². The molecule has 2 aliphatic carbocycles. The van der Waals surface area contributed by atoms with Crippen molar-refractivity contribution in [2.45, 2.75) is 75.5 Å². The van der Waals surface area contributed by atoms with E-state index in [9.17, 15) is 13.2 Å². The van der Waals surface area contributed by atoms with Crippen LogP contribution in [0.25, 0.3) is 11.0 Å². The molecule has 1 heterocycles. The van der Waals surface area contributed by atoms with Gasteiger partial charge in [-0.05, 0) is 80.3 Å². The second-order valence-corrected chi connectivity index (χ2v) is 12.4. The lowest BCUT2D eigenvalue weighted by Gasteiger charge is -2.27. The summed E-state index contributed by atoms with van der Waals surface area (Å²) in [6.45, 7) is 1.96. The van der Waals surface area contributed by atoms with Crippen molar-refractivity contribution in [3.63, 3.8) is 0 Å². The summed E-state index contributed by atoms with van der Waals surface area (Å²) in [5, 5.41) is 2.95.